The van der Waals surface area contributed by atoms with Crippen molar-refractivity contribution in [3.8, 4) is 28.0 Å². The van der Waals surface area contributed by atoms with E-state index in [9.17, 15) is 9.18 Å². The van der Waals surface area contributed by atoms with E-state index in [1.807, 2.05) is 49.4 Å². The van der Waals surface area contributed by atoms with Gasteiger partial charge in [-0.15, -0.1) is 0 Å². The lowest BCUT2D eigenvalue weighted by atomic mass is 9.90. The molecule has 5 aromatic rings. The minimum absolute atomic E-state index is 0.0771. The van der Waals surface area contributed by atoms with Gasteiger partial charge in [0.2, 0.25) is 0 Å². The highest BCUT2D eigenvalue weighted by atomic mass is 19.1. The molecule has 0 bridgehead atoms. The molecule has 0 atom stereocenters. The molecular weight excluding hydrogens is 451 g/mol. The average Bonchev–Trinajstić information content (AvgIpc) is 2.90. The Hall–Kier alpha value is -4.51. The van der Waals surface area contributed by atoms with Gasteiger partial charge in [-0.3, -0.25) is 4.79 Å². The van der Waals surface area contributed by atoms with Gasteiger partial charge < -0.3 is 10.1 Å². The largest absolute Gasteiger partial charge is 0.496 e. The van der Waals surface area contributed by atoms with Gasteiger partial charge in [0.15, 0.2) is 6.29 Å². The molecule has 5 heteroatoms. The van der Waals surface area contributed by atoms with Crippen molar-refractivity contribution in [3.05, 3.63) is 108 Å². The number of hydrogen-bond donors (Lipinski definition) is 1. The molecule has 4 aromatic carbocycles. The highest BCUT2D eigenvalue weighted by molar-refractivity contribution is 5.94. The van der Waals surface area contributed by atoms with Gasteiger partial charge in [-0.1, -0.05) is 54.6 Å². The van der Waals surface area contributed by atoms with Crippen molar-refractivity contribution in [2.24, 2.45) is 0 Å². The monoisotopic (exact) mass is 476 g/mol. The van der Waals surface area contributed by atoms with Gasteiger partial charge in [0.1, 0.15) is 17.4 Å². The Morgan fingerprint density at radius 3 is 2.36 bits per heavy atom. The predicted octanol–water partition coefficient (Wildman–Crippen LogP) is 7.89. The van der Waals surface area contributed by atoms with Crippen molar-refractivity contribution in [3.63, 3.8) is 0 Å². The fraction of sp³-hybridized carbons (Fsp3) is 0.0968. The molecule has 0 saturated carbocycles. The van der Waals surface area contributed by atoms with Crippen LogP contribution in [0.25, 0.3) is 33.0 Å². The van der Waals surface area contributed by atoms with Crippen LogP contribution in [0.15, 0.2) is 85.1 Å². The molecular formula is C31H25FN2O2. The maximum absolute atomic E-state index is 14.6. The first-order valence-electron chi connectivity index (χ1n) is 11.6. The Balaban J connectivity index is 1.58. The topological polar surface area (TPSA) is 51.2 Å². The molecule has 0 aliphatic carbocycles. The molecule has 1 N–H and O–H groups in total. The highest BCUT2D eigenvalue weighted by Crippen LogP contribution is 2.38. The van der Waals surface area contributed by atoms with E-state index in [-0.39, 0.29) is 11.3 Å². The maximum Gasteiger partial charge on any atom is 0.156 e. The van der Waals surface area contributed by atoms with Gasteiger partial charge in [-0.2, -0.15) is 0 Å². The van der Waals surface area contributed by atoms with Crippen LogP contribution in [0, 0.1) is 19.7 Å². The molecule has 0 saturated heterocycles. The van der Waals surface area contributed by atoms with E-state index >= 15 is 0 Å². The molecule has 0 radical (unpaired) electrons. The fourth-order valence-electron chi connectivity index (χ4n) is 4.68. The van der Waals surface area contributed by atoms with Crippen molar-refractivity contribution in [2.75, 3.05) is 12.4 Å². The van der Waals surface area contributed by atoms with Crippen LogP contribution in [0.3, 0.4) is 0 Å². The van der Waals surface area contributed by atoms with E-state index in [2.05, 4.69) is 41.5 Å². The van der Waals surface area contributed by atoms with Crippen molar-refractivity contribution in [2.45, 2.75) is 13.8 Å². The molecule has 4 nitrogen and oxygen atoms in total. The summed E-state index contributed by atoms with van der Waals surface area (Å²) >= 11 is 0. The standard InChI is InChI=1S/C31H25FN2O2/c1-19-23(22-16-28(32)27(18-35)30(17-22)36-3)10-6-11-24(19)25-12-7-13-29(20(25)2)34-31-26-9-5-4-8-21(26)14-15-33-31/h4-18H,1-3H3,(H,33,34). The lowest BCUT2D eigenvalue weighted by molar-refractivity contribution is 0.111. The van der Waals surface area contributed by atoms with Gasteiger partial charge in [0.25, 0.3) is 0 Å². The van der Waals surface area contributed by atoms with Crippen molar-refractivity contribution in [1.29, 1.82) is 0 Å². The van der Waals surface area contributed by atoms with Crippen LogP contribution >= 0.6 is 0 Å². The summed E-state index contributed by atoms with van der Waals surface area (Å²) in [5, 5.41) is 5.69. The summed E-state index contributed by atoms with van der Waals surface area (Å²) in [4.78, 5) is 15.9. The third-order valence-corrected chi connectivity index (χ3v) is 6.62. The summed E-state index contributed by atoms with van der Waals surface area (Å²) in [7, 11) is 1.43. The van der Waals surface area contributed by atoms with Gasteiger partial charge in [-0.05, 0) is 76.9 Å². The number of ether oxygens (including phenoxy) is 1. The van der Waals surface area contributed by atoms with E-state index in [0.717, 1.165) is 50.1 Å². The number of methoxy groups -OCH3 is 1. The Morgan fingerprint density at radius 1 is 0.861 bits per heavy atom. The van der Waals surface area contributed by atoms with Crippen LogP contribution < -0.4 is 10.1 Å². The number of carbonyl (C=O) groups is 1. The zero-order valence-electron chi connectivity index (χ0n) is 20.3. The SMILES string of the molecule is COc1cc(-c2cccc(-c3cccc(Nc4nccc5ccccc45)c3C)c2C)cc(F)c1C=O. The third kappa shape index (κ3) is 4.09. The zero-order chi connectivity index (χ0) is 25.2. The molecule has 0 spiro atoms. The molecule has 0 fully saturated rings. The second kappa shape index (κ2) is 9.62. The molecule has 0 aliphatic heterocycles. The lowest BCUT2D eigenvalue weighted by Gasteiger charge is -2.18. The first kappa shape index (κ1) is 23.2. The zero-order valence-corrected chi connectivity index (χ0v) is 20.3. The van der Waals surface area contributed by atoms with Crippen molar-refractivity contribution < 1.29 is 13.9 Å². The minimum atomic E-state index is -0.603. The number of aromatic nitrogens is 1. The van der Waals surface area contributed by atoms with Gasteiger partial charge in [0, 0.05) is 17.3 Å². The smallest absolute Gasteiger partial charge is 0.156 e. The summed E-state index contributed by atoms with van der Waals surface area (Å²) in [5.41, 5.74) is 6.59. The number of carbonyl (C=O) groups excluding carboxylic acids is 1. The van der Waals surface area contributed by atoms with Crippen LogP contribution in [0.5, 0.6) is 5.75 Å². The van der Waals surface area contributed by atoms with Gasteiger partial charge in [0.05, 0.1) is 12.7 Å². The van der Waals surface area contributed by atoms with Crippen LogP contribution in [0.2, 0.25) is 0 Å². The van der Waals surface area contributed by atoms with E-state index in [0.29, 0.717) is 11.8 Å². The summed E-state index contributed by atoms with van der Waals surface area (Å²) in [6.07, 6.45) is 2.29. The average molecular weight is 477 g/mol. The number of nitrogens with one attached hydrogen (secondary N) is 1. The van der Waals surface area contributed by atoms with E-state index in [1.54, 1.807) is 12.3 Å². The predicted molar refractivity (Wildman–Crippen MR) is 144 cm³/mol. The maximum atomic E-state index is 14.6. The minimum Gasteiger partial charge on any atom is -0.496 e. The second-order valence-electron chi connectivity index (χ2n) is 8.65. The number of hydrogen-bond acceptors (Lipinski definition) is 4. The highest BCUT2D eigenvalue weighted by Gasteiger charge is 2.16. The number of rotatable bonds is 6. The number of fused-ring (bicyclic) bond motifs is 1. The first-order chi connectivity index (χ1) is 17.5. The third-order valence-electron chi connectivity index (χ3n) is 6.62. The van der Waals surface area contributed by atoms with Gasteiger partial charge in [-0.25, -0.2) is 9.37 Å². The molecule has 1 aromatic heterocycles. The second-order valence-corrected chi connectivity index (χ2v) is 8.65. The number of benzene rings is 4. The molecule has 0 amide bonds. The van der Waals surface area contributed by atoms with Crippen molar-refractivity contribution in [1.82, 2.24) is 4.98 Å². The number of anilines is 2. The summed E-state index contributed by atoms with van der Waals surface area (Å²) in [5.74, 6) is 0.417. The first-order valence-corrected chi connectivity index (χ1v) is 11.6. The van der Waals surface area contributed by atoms with Crippen LogP contribution in [-0.2, 0) is 0 Å². The molecule has 178 valence electrons. The Bertz CT molecular complexity index is 1610. The number of pyridine rings is 1. The fourth-order valence-corrected chi connectivity index (χ4v) is 4.68. The molecule has 0 unspecified atom stereocenters. The van der Waals surface area contributed by atoms with Crippen LogP contribution in [-0.4, -0.2) is 18.4 Å². The molecule has 0 aliphatic rings. The quantitative estimate of drug-likeness (QED) is 0.253. The number of nitrogens with zero attached hydrogens (tertiary/aromatic N) is 1. The molecule has 5 rings (SSSR count). The van der Waals surface area contributed by atoms with Crippen LogP contribution in [0.4, 0.5) is 15.9 Å². The number of halogens is 1. The lowest BCUT2D eigenvalue weighted by Crippen LogP contribution is -1.99. The van der Waals surface area contributed by atoms with Gasteiger partial charge >= 0.3 is 0 Å². The van der Waals surface area contributed by atoms with Crippen LogP contribution in [0.1, 0.15) is 21.5 Å². The molecule has 36 heavy (non-hydrogen) atoms. The van der Waals surface area contributed by atoms with Crippen molar-refractivity contribution >= 4 is 28.6 Å². The van der Waals surface area contributed by atoms with E-state index in [1.165, 1.54) is 13.2 Å². The summed E-state index contributed by atoms with van der Waals surface area (Å²) in [6.45, 7) is 4.10. The normalized spacial score (nSPS) is 10.9. The Labute approximate surface area is 209 Å². The number of aldehydes is 1. The van der Waals surface area contributed by atoms with E-state index in [4.69, 9.17) is 4.74 Å². The summed E-state index contributed by atoms with van der Waals surface area (Å²) in [6, 6.07) is 25.3. The Morgan fingerprint density at radius 2 is 1.58 bits per heavy atom. The molecule has 1 heterocycles. The summed E-state index contributed by atoms with van der Waals surface area (Å²) < 4.78 is 19.9. The Kier molecular flexibility index (Phi) is 6.21. The van der Waals surface area contributed by atoms with E-state index < -0.39 is 5.82 Å².